The molecule has 6 nitrogen and oxygen atoms in total. The van der Waals surface area contributed by atoms with Gasteiger partial charge in [-0.15, -0.1) is 0 Å². The predicted octanol–water partition coefficient (Wildman–Crippen LogP) is 2.75. The van der Waals surface area contributed by atoms with Crippen molar-refractivity contribution >= 4 is 17.7 Å². The number of hydrogen-bond donors (Lipinski definition) is 1. The molecule has 2 saturated heterocycles. The van der Waals surface area contributed by atoms with E-state index >= 15 is 0 Å². The number of carbonyl (C=O) groups excluding carboxylic acids is 3. The molecule has 0 radical (unpaired) electrons. The van der Waals surface area contributed by atoms with Crippen molar-refractivity contribution in [3.8, 4) is 0 Å². The van der Waals surface area contributed by atoms with Crippen LogP contribution >= 0.6 is 0 Å². The molecule has 0 aromatic heterocycles. The van der Waals surface area contributed by atoms with Gasteiger partial charge >= 0.3 is 0 Å². The fraction of sp³-hybridized carbons (Fsp3) is 0.625. The van der Waals surface area contributed by atoms with Crippen molar-refractivity contribution < 1.29 is 14.4 Å². The summed E-state index contributed by atoms with van der Waals surface area (Å²) in [7, 11) is 0. The Morgan fingerprint density at radius 3 is 2.10 bits per heavy atom. The average Bonchev–Trinajstić information content (AvgIpc) is 3.63. The average molecular weight is 412 g/mol. The summed E-state index contributed by atoms with van der Waals surface area (Å²) >= 11 is 0. The van der Waals surface area contributed by atoms with E-state index in [1.165, 1.54) is 6.42 Å². The van der Waals surface area contributed by atoms with Crippen molar-refractivity contribution in [2.75, 3.05) is 26.2 Å². The molecule has 2 heterocycles. The van der Waals surface area contributed by atoms with Gasteiger partial charge < -0.3 is 15.1 Å². The summed E-state index contributed by atoms with van der Waals surface area (Å²) in [6.45, 7) is 4.84. The lowest BCUT2D eigenvalue weighted by Crippen LogP contribution is -2.55. The Morgan fingerprint density at radius 1 is 0.867 bits per heavy atom. The summed E-state index contributed by atoms with van der Waals surface area (Å²) in [6, 6.07) is 7.22. The van der Waals surface area contributed by atoms with E-state index in [1.54, 1.807) is 0 Å². The van der Waals surface area contributed by atoms with Crippen molar-refractivity contribution in [2.24, 2.45) is 11.8 Å². The highest BCUT2D eigenvalue weighted by molar-refractivity contribution is 5.94. The summed E-state index contributed by atoms with van der Waals surface area (Å²) in [4.78, 5) is 42.4. The Balaban J connectivity index is 1.40. The van der Waals surface area contributed by atoms with Gasteiger partial charge in [0.1, 0.15) is 6.04 Å². The van der Waals surface area contributed by atoms with E-state index in [0.29, 0.717) is 18.7 Å². The molecule has 1 N–H and O–H groups in total. The van der Waals surface area contributed by atoms with Crippen LogP contribution < -0.4 is 5.32 Å². The Kier molecular flexibility index (Phi) is 6.40. The number of rotatable bonds is 5. The van der Waals surface area contributed by atoms with E-state index in [9.17, 15) is 14.4 Å². The number of amides is 3. The van der Waals surface area contributed by atoms with Gasteiger partial charge in [0, 0.05) is 37.7 Å². The van der Waals surface area contributed by atoms with Crippen molar-refractivity contribution in [2.45, 2.75) is 57.9 Å². The monoisotopic (exact) mass is 411 g/mol. The molecule has 1 aromatic rings. The second-order valence-electron chi connectivity index (χ2n) is 9.14. The van der Waals surface area contributed by atoms with Gasteiger partial charge in [0.2, 0.25) is 11.8 Å². The summed E-state index contributed by atoms with van der Waals surface area (Å²) in [5.74, 6) is 0.332. The fourth-order valence-electron chi connectivity index (χ4n) is 4.62. The molecular formula is C24H33N3O3. The molecule has 6 heteroatoms. The lowest BCUT2D eigenvalue weighted by Gasteiger charge is -2.38. The quantitative estimate of drug-likeness (QED) is 0.810. The van der Waals surface area contributed by atoms with Gasteiger partial charge in [-0.05, 0) is 69.9 Å². The van der Waals surface area contributed by atoms with E-state index in [4.69, 9.17) is 0 Å². The third kappa shape index (κ3) is 4.85. The zero-order valence-corrected chi connectivity index (χ0v) is 17.9. The molecule has 1 aromatic carbocycles. The Morgan fingerprint density at radius 2 is 1.50 bits per heavy atom. The summed E-state index contributed by atoms with van der Waals surface area (Å²) < 4.78 is 0. The molecule has 30 heavy (non-hydrogen) atoms. The van der Waals surface area contributed by atoms with Crippen LogP contribution in [0.15, 0.2) is 24.3 Å². The molecular weight excluding hydrogens is 378 g/mol. The van der Waals surface area contributed by atoms with Crippen LogP contribution in [0.3, 0.4) is 0 Å². The second kappa shape index (κ2) is 9.19. The van der Waals surface area contributed by atoms with E-state index in [2.05, 4.69) is 5.32 Å². The maximum absolute atomic E-state index is 13.3. The standard InChI is InChI=1S/C24H33N3O3/c1-17-5-7-20(8-6-17)23(29)27-15-11-18(12-16-27)21(25-22(28)19-9-10-19)24(30)26-13-3-2-4-14-26/h5-8,18-19,21H,2-4,9-16H2,1H3,(H,25,28). The van der Waals surface area contributed by atoms with Crippen molar-refractivity contribution in [1.29, 1.82) is 0 Å². The molecule has 162 valence electrons. The first-order chi connectivity index (χ1) is 14.5. The van der Waals surface area contributed by atoms with Crippen LogP contribution in [0.4, 0.5) is 0 Å². The van der Waals surface area contributed by atoms with Gasteiger partial charge in [-0.2, -0.15) is 0 Å². The molecule has 3 fully saturated rings. The minimum atomic E-state index is -0.451. The van der Waals surface area contributed by atoms with Crippen LogP contribution in [-0.4, -0.2) is 59.7 Å². The van der Waals surface area contributed by atoms with Crippen LogP contribution in [0.2, 0.25) is 0 Å². The third-order valence-electron chi connectivity index (χ3n) is 6.78. The van der Waals surface area contributed by atoms with Crippen LogP contribution in [0, 0.1) is 18.8 Å². The highest BCUT2D eigenvalue weighted by atomic mass is 16.2. The number of aryl methyl sites for hydroxylation is 1. The molecule has 1 saturated carbocycles. The maximum Gasteiger partial charge on any atom is 0.253 e. The van der Waals surface area contributed by atoms with Gasteiger partial charge in [-0.25, -0.2) is 0 Å². The van der Waals surface area contributed by atoms with Crippen molar-refractivity contribution in [3.05, 3.63) is 35.4 Å². The summed E-state index contributed by atoms with van der Waals surface area (Å²) in [5.41, 5.74) is 1.85. The number of nitrogens with zero attached hydrogens (tertiary/aromatic N) is 2. The third-order valence-corrected chi connectivity index (χ3v) is 6.78. The van der Waals surface area contributed by atoms with Crippen molar-refractivity contribution in [1.82, 2.24) is 15.1 Å². The predicted molar refractivity (Wildman–Crippen MR) is 115 cm³/mol. The SMILES string of the molecule is Cc1ccc(C(=O)N2CCC(C(NC(=O)C3CC3)C(=O)N3CCCCC3)CC2)cc1. The van der Waals surface area contributed by atoms with Gasteiger partial charge in [0.15, 0.2) is 0 Å². The molecule has 3 aliphatic rings. The van der Waals surface area contributed by atoms with E-state index in [0.717, 1.165) is 57.2 Å². The Hall–Kier alpha value is -2.37. The van der Waals surface area contributed by atoms with Crippen LogP contribution in [-0.2, 0) is 9.59 Å². The molecule has 1 atom stereocenters. The first-order valence-electron chi connectivity index (χ1n) is 11.5. The van der Waals surface area contributed by atoms with Gasteiger partial charge in [-0.3, -0.25) is 14.4 Å². The van der Waals surface area contributed by atoms with Crippen LogP contribution in [0.1, 0.15) is 60.9 Å². The number of nitrogens with one attached hydrogen (secondary N) is 1. The fourth-order valence-corrected chi connectivity index (χ4v) is 4.62. The largest absolute Gasteiger partial charge is 0.344 e. The zero-order valence-electron chi connectivity index (χ0n) is 17.9. The highest BCUT2D eigenvalue weighted by Gasteiger charge is 2.39. The molecule has 0 spiro atoms. The van der Waals surface area contributed by atoms with Crippen LogP contribution in [0.5, 0.6) is 0 Å². The Labute approximate surface area is 179 Å². The number of piperidine rings is 2. The minimum absolute atomic E-state index is 0.0310. The second-order valence-corrected chi connectivity index (χ2v) is 9.14. The molecule has 1 aliphatic carbocycles. The molecule has 2 aliphatic heterocycles. The highest BCUT2D eigenvalue weighted by Crippen LogP contribution is 2.30. The molecule has 1 unspecified atom stereocenters. The molecule has 3 amide bonds. The van der Waals surface area contributed by atoms with Crippen LogP contribution in [0.25, 0.3) is 0 Å². The summed E-state index contributed by atoms with van der Waals surface area (Å²) in [6.07, 6.45) is 6.60. The van der Waals surface area contributed by atoms with E-state index in [1.807, 2.05) is 41.0 Å². The van der Waals surface area contributed by atoms with Crippen molar-refractivity contribution in [3.63, 3.8) is 0 Å². The normalized spacial score (nSPS) is 21.2. The van der Waals surface area contributed by atoms with Gasteiger partial charge in [-0.1, -0.05) is 17.7 Å². The van der Waals surface area contributed by atoms with E-state index in [-0.39, 0.29) is 29.6 Å². The number of benzene rings is 1. The first-order valence-corrected chi connectivity index (χ1v) is 11.5. The minimum Gasteiger partial charge on any atom is -0.344 e. The first kappa shape index (κ1) is 20.9. The van der Waals surface area contributed by atoms with E-state index < -0.39 is 6.04 Å². The summed E-state index contributed by atoms with van der Waals surface area (Å²) in [5, 5.41) is 3.09. The smallest absolute Gasteiger partial charge is 0.253 e. The Bertz CT molecular complexity index is 773. The lowest BCUT2D eigenvalue weighted by molar-refractivity contribution is -0.139. The topological polar surface area (TPSA) is 69.7 Å². The maximum atomic E-state index is 13.3. The molecule has 0 bridgehead atoms. The number of hydrogen-bond acceptors (Lipinski definition) is 3. The number of carbonyl (C=O) groups is 3. The van der Waals surface area contributed by atoms with Gasteiger partial charge in [0.05, 0.1) is 0 Å². The molecule has 4 rings (SSSR count). The number of likely N-dealkylation sites (tertiary alicyclic amines) is 2. The van der Waals surface area contributed by atoms with Gasteiger partial charge in [0.25, 0.3) is 5.91 Å². The lowest BCUT2D eigenvalue weighted by atomic mass is 9.87. The zero-order chi connectivity index (χ0) is 21.1.